The van der Waals surface area contributed by atoms with Gasteiger partial charge in [-0.25, -0.2) is 0 Å². The molecule has 0 aromatic heterocycles. The van der Waals surface area contributed by atoms with Gasteiger partial charge in [-0.1, -0.05) is 12.1 Å². The summed E-state index contributed by atoms with van der Waals surface area (Å²) in [5.74, 6) is 0.186. The van der Waals surface area contributed by atoms with Crippen molar-refractivity contribution in [3.8, 4) is 5.75 Å². The van der Waals surface area contributed by atoms with Crippen LogP contribution in [0.1, 0.15) is 31.2 Å². The molecule has 3 rings (SSSR count). The number of nitrogens with zero attached hydrogens (tertiary/aromatic N) is 2. The number of amides is 1. The molecule has 1 amide bonds. The molecule has 1 aromatic carbocycles. The molecule has 0 aliphatic carbocycles. The monoisotopic (exact) mass is 360 g/mol. The summed E-state index contributed by atoms with van der Waals surface area (Å²) < 4.78 is 5.23. The maximum absolute atomic E-state index is 12.7. The number of carboxylic acids is 1. The van der Waals surface area contributed by atoms with Crippen molar-refractivity contribution in [1.82, 2.24) is 9.80 Å². The first-order valence-corrected chi connectivity index (χ1v) is 9.30. The Balaban J connectivity index is 1.63. The van der Waals surface area contributed by atoms with Crippen molar-refractivity contribution < 1.29 is 19.4 Å². The highest BCUT2D eigenvalue weighted by Crippen LogP contribution is 2.42. The second-order valence-electron chi connectivity index (χ2n) is 7.50. The Hall–Kier alpha value is -2.08. The highest BCUT2D eigenvalue weighted by molar-refractivity contribution is 5.79. The van der Waals surface area contributed by atoms with Gasteiger partial charge in [0.2, 0.25) is 5.91 Å². The third-order valence-corrected chi connectivity index (χ3v) is 6.07. The van der Waals surface area contributed by atoms with Gasteiger partial charge < -0.3 is 19.6 Å². The maximum atomic E-state index is 12.7. The molecule has 2 aliphatic rings. The molecule has 0 radical (unpaired) electrons. The molecule has 6 nitrogen and oxygen atoms in total. The van der Waals surface area contributed by atoms with Crippen LogP contribution in [0, 0.1) is 5.41 Å². The number of rotatable bonds is 5. The second-order valence-corrected chi connectivity index (χ2v) is 7.50. The minimum absolute atomic E-state index is 0.0942. The standard InChI is InChI=1S/C20H28N2O4/c1-21-11-4-9-20(19(24)25)10-12-22(14-17(20)21)18(23)8-7-15-5-3-6-16(13-15)26-2/h3,5-6,13,17H,4,7-12,14H2,1-2H3,(H,24,25)/t17-,20+/m1/s1. The van der Waals surface area contributed by atoms with Gasteiger partial charge in [0.25, 0.3) is 0 Å². The second kappa shape index (κ2) is 7.66. The Morgan fingerprint density at radius 1 is 1.31 bits per heavy atom. The van der Waals surface area contributed by atoms with Crippen LogP contribution in [0.3, 0.4) is 0 Å². The average molecular weight is 360 g/mol. The molecular formula is C20H28N2O4. The zero-order chi connectivity index (χ0) is 18.7. The number of benzene rings is 1. The SMILES string of the molecule is COc1cccc(CCC(=O)N2CC[C@@]3(C(=O)O)CCCN(C)[C@@H]3C2)c1. The number of aliphatic carboxylic acids is 1. The highest BCUT2D eigenvalue weighted by Gasteiger charge is 2.52. The van der Waals surface area contributed by atoms with Crippen molar-refractivity contribution in [2.75, 3.05) is 33.8 Å². The summed E-state index contributed by atoms with van der Waals surface area (Å²) in [6.07, 6.45) is 3.26. The molecule has 2 atom stereocenters. The van der Waals surface area contributed by atoms with E-state index in [9.17, 15) is 14.7 Å². The highest BCUT2D eigenvalue weighted by atomic mass is 16.5. The fraction of sp³-hybridized carbons (Fsp3) is 0.600. The molecule has 0 unspecified atom stereocenters. The van der Waals surface area contributed by atoms with E-state index in [1.165, 1.54) is 0 Å². The number of fused-ring (bicyclic) bond motifs is 1. The largest absolute Gasteiger partial charge is 0.497 e. The average Bonchev–Trinajstić information content (AvgIpc) is 2.66. The van der Waals surface area contributed by atoms with E-state index in [-0.39, 0.29) is 11.9 Å². The summed E-state index contributed by atoms with van der Waals surface area (Å²) in [6, 6.07) is 7.67. The molecule has 0 spiro atoms. The summed E-state index contributed by atoms with van der Waals surface area (Å²) >= 11 is 0. The van der Waals surface area contributed by atoms with Gasteiger partial charge in [-0.3, -0.25) is 9.59 Å². The molecule has 2 saturated heterocycles. The summed E-state index contributed by atoms with van der Waals surface area (Å²) in [4.78, 5) is 28.7. The first-order valence-electron chi connectivity index (χ1n) is 9.30. The Morgan fingerprint density at radius 2 is 2.12 bits per heavy atom. The van der Waals surface area contributed by atoms with Gasteiger partial charge >= 0.3 is 5.97 Å². The van der Waals surface area contributed by atoms with Gasteiger partial charge in [-0.2, -0.15) is 0 Å². The van der Waals surface area contributed by atoms with Crippen molar-refractivity contribution >= 4 is 11.9 Å². The lowest BCUT2D eigenvalue weighted by Gasteiger charge is -2.51. The Labute approximate surface area is 154 Å². The summed E-state index contributed by atoms with van der Waals surface area (Å²) in [6.45, 7) is 1.94. The number of hydrogen-bond acceptors (Lipinski definition) is 4. The Bertz CT molecular complexity index is 678. The third-order valence-electron chi connectivity index (χ3n) is 6.07. The van der Waals surface area contributed by atoms with E-state index in [0.717, 1.165) is 24.3 Å². The van der Waals surface area contributed by atoms with Gasteiger partial charge in [0.05, 0.1) is 12.5 Å². The molecule has 2 heterocycles. The van der Waals surface area contributed by atoms with Gasteiger partial charge in [-0.15, -0.1) is 0 Å². The molecule has 1 N–H and O–H groups in total. The lowest BCUT2D eigenvalue weighted by Crippen LogP contribution is -2.63. The lowest BCUT2D eigenvalue weighted by molar-refractivity contribution is -0.165. The minimum Gasteiger partial charge on any atom is -0.497 e. The predicted molar refractivity (Wildman–Crippen MR) is 98.2 cm³/mol. The maximum Gasteiger partial charge on any atom is 0.311 e. The number of likely N-dealkylation sites (tertiary alicyclic amines) is 2. The zero-order valence-electron chi connectivity index (χ0n) is 15.6. The van der Waals surface area contributed by atoms with E-state index >= 15 is 0 Å². The quantitative estimate of drug-likeness (QED) is 0.870. The van der Waals surface area contributed by atoms with E-state index in [1.54, 1.807) is 7.11 Å². The molecule has 0 bridgehead atoms. The van der Waals surface area contributed by atoms with Crippen LogP contribution in [0.4, 0.5) is 0 Å². The number of piperidine rings is 2. The van der Waals surface area contributed by atoms with Crippen molar-refractivity contribution in [3.63, 3.8) is 0 Å². The van der Waals surface area contributed by atoms with Gasteiger partial charge in [-0.05, 0) is 57.0 Å². The first kappa shape index (κ1) is 18.7. The van der Waals surface area contributed by atoms with Gasteiger partial charge in [0.15, 0.2) is 0 Å². The predicted octanol–water partition coefficient (Wildman–Crippen LogP) is 2.03. The zero-order valence-corrected chi connectivity index (χ0v) is 15.6. The molecule has 0 saturated carbocycles. The van der Waals surface area contributed by atoms with E-state index in [0.29, 0.717) is 38.8 Å². The summed E-state index contributed by atoms with van der Waals surface area (Å²) in [5.41, 5.74) is 0.376. The number of carbonyl (C=O) groups excluding carboxylic acids is 1. The van der Waals surface area contributed by atoms with Crippen LogP contribution in [-0.4, -0.2) is 66.6 Å². The van der Waals surface area contributed by atoms with Gasteiger partial charge in [0, 0.05) is 25.6 Å². The van der Waals surface area contributed by atoms with E-state index in [1.807, 2.05) is 36.2 Å². The van der Waals surface area contributed by atoms with Crippen molar-refractivity contribution in [3.05, 3.63) is 29.8 Å². The number of carbonyl (C=O) groups is 2. The normalized spacial score (nSPS) is 26.2. The van der Waals surface area contributed by atoms with Crippen molar-refractivity contribution in [1.29, 1.82) is 0 Å². The number of hydrogen-bond donors (Lipinski definition) is 1. The molecule has 2 aliphatic heterocycles. The smallest absolute Gasteiger partial charge is 0.311 e. The van der Waals surface area contributed by atoms with Crippen LogP contribution in [0.25, 0.3) is 0 Å². The number of methoxy groups -OCH3 is 1. The summed E-state index contributed by atoms with van der Waals surface area (Å²) in [5, 5.41) is 9.83. The van der Waals surface area contributed by atoms with E-state index in [4.69, 9.17) is 4.74 Å². The number of likely N-dealkylation sites (N-methyl/N-ethyl adjacent to an activating group) is 1. The van der Waals surface area contributed by atoms with Crippen LogP contribution in [0.15, 0.2) is 24.3 Å². The fourth-order valence-corrected chi connectivity index (χ4v) is 4.45. The van der Waals surface area contributed by atoms with Crippen LogP contribution in [0.5, 0.6) is 5.75 Å². The van der Waals surface area contributed by atoms with Crippen molar-refractivity contribution in [2.45, 2.75) is 38.1 Å². The fourth-order valence-electron chi connectivity index (χ4n) is 4.45. The molecular weight excluding hydrogens is 332 g/mol. The van der Waals surface area contributed by atoms with Crippen LogP contribution >= 0.6 is 0 Å². The van der Waals surface area contributed by atoms with Gasteiger partial charge in [0.1, 0.15) is 5.75 Å². The lowest BCUT2D eigenvalue weighted by atomic mass is 9.68. The Morgan fingerprint density at radius 3 is 2.85 bits per heavy atom. The van der Waals surface area contributed by atoms with Crippen LogP contribution < -0.4 is 4.74 Å². The molecule has 26 heavy (non-hydrogen) atoms. The number of carboxylic acid groups (broad SMARTS) is 1. The Kier molecular flexibility index (Phi) is 5.51. The van der Waals surface area contributed by atoms with Crippen LogP contribution in [0.2, 0.25) is 0 Å². The molecule has 6 heteroatoms. The molecule has 2 fully saturated rings. The van der Waals surface area contributed by atoms with Crippen molar-refractivity contribution in [2.24, 2.45) is 5.41 Å². The van der Waals surface area contributed by atoms with E-state index in [2.05, 4.69) is 4.90 Å². The number of aryl methyl sites for hydroxylation is 1. The number of ether oxygens (including phenoxy) is 1. The van der Waals surface area contributed by atoms with E-state index < -0.39 is 11.4 Å². The first-order chi connectivity index (χ1) is 12.5. The van der Waals surface area contributed by atoms with Crippen LogP contribution in [-0.2, 0) is 16.0 Å². The third kappa shape index (κ3) is 3.56. The minimum atomic E-state index is -0.711. The topological polar surface area (TPSA) is 70.1 Å². The molecule has 1 aromatic rings. The summed E-state index contributed by atoms with van der Waals surface area (Å²) in [7, 11) is 3.61. The molecule has 142 valence electrons.